The summed E-state index contributed by atoms with van der Waals surface area (Å²) < 4.78 is 10.2. The van der Waals surface area contributed by atoms with E-state index in [0.717, 1.165) is 16.7 Å². The maximum absolute atomic E-state index is 14.1. The highest BCUT2D eigenvalue weighted by atomic mass is 35.6. The molecule has 2 aliphatic heterocycles. The van der Waals surface area contributed by atoms with Crippen LogP contribution in [0, 0.1) is 5.41 Å². The zero-order chi connectivity index (χ0) is 28.9. The van der Waals surface area contributed by atoms with Crippen molar-refractivity contribution in [1.82, 2.24) is 9.80 Å². The lowest BCUT2D eigenvalue weighted by atomic mass is 9.38. The van der Waals surface area contributed by atoms with E-state index in [1.54, 1.807) is 22.9 Å². The number of halogens is 3. The third-order valence-electron chi connectivity index (χ3n) is 9.97. The first kappa shape index (κ1) is 27.2. The Balaban J connectivity index is 1.35. The number of hydrogen-bond acceptors (Lipinski definition) is 6. The van der Waals surface area contributed by atoms with Crippen LogP contribution in [0.4, 0.5) is 4.79 Å². The summed E-state index contributed by atoms with van der Waals surface area (Å²) >= 11 is 17.6. The largest absolute Gasteiger partial charge is 0.504 e. The van der Waals surface area contributed by atoms with Crippen LogP contribution in [0.25, 0.3) is 0 Å². The minimum atomic E-state index is -1.75. The van der Waals surface area contributed by atoms with E-state index in [4.69, 9.17) is 44.3 Å². The molecule has 2 amide bonds. The average Bonchev–Trinajstić information content (AvgIpc) is 3.30. The van der Waals surface area contributed by atoms with Gasteiger partial charge in [-0.1, -0.05) is 77.3 Å². The van der Waals surface area contributed by atoms with Gasteiger partial charge >= 0.3 is 6.09 Å². The number of aromatic hydroxyl groups is 1. The lowest BCUT2D eigenvalue weighted by molar-refractivity contribution is -0.184. The zero-order valence-corrected chi connectivity index (χ0v) is 24.5. The van der Waals surface area contributed by atoms with Gasteiger partial charge in [0.25, 0.3) is 5.91 Å². The maximum Gasteiger partial charge on any atom is 0.410 e. The fourth-order valence-electron chi connectivity index (χ4n) is 8.44. The number of hydrogen-bond donors (Lipinski definition) is 2. The molecular weight excluding hydrogens is 591 g/mol. The number of aliphatic hydroxyl groups is 1. The SMILES string of the molecule is CN(Cc1ccccc1)C(=O)C1=C[C@@]23CC[C@]1(O)[C@@H]1Oc4c(O)ccc5c4[C@@]12CCN(C(=O)OCC(Cl)(Cl)Cl)[C@@H]3C5. The second-order valence-electron chi connectivity index (χ2n) is 11.9. The molecule has 6 aliphatic rings. The number of nitrogens with zero attached hydrogens (tertiary/aromatic N) is 2. The summed E-state index contributed by atoms with van der Waals surface area (Å²) in [6.45, 7) is 0.281. The second-order valence-corrected chi connectivity index (χ2v) is 14.4. The van der Waals surface area contributed by atoms with Crippen LogP contribution in [0.1, 0.15) is 36.0 Å². The van der Waals surface area contributed by atoms with E-state index in [0.29, 0.717) is 38.1 Å². The fourth-order valence-corrected chi connectivity index (χ4v) is 8.60. The summed E-state index contributed by atoms with van der Waals surface area (Å²) in [5, 5.41) is 23.3. The summed E-state index contributed by atoms with van der Waals surface area (Å²) in [7, 11) is 1.71. The van der Waals surface area contributed by atoms with Gasteiger partial charge in [-0.25, -0.2) is 4.79 Å². The zero-order valence-electron chi connectivity index (χ0n) is 22.3. The molecule has 1 saturated carbocycles. The highest BCUT2D eigenvalue weighted by molar-refractivity contribution is 6.67. The Labute approximate surface area is 252 Å². The van der Waals surface area contributed by atoms with Crippen LogP contribution in [-0.4, -0.2) is 73.8 Å². The van der Waals surface area contributed by atoms with Crippen molar-refractivity contribution in [2.24, 2.45) is 5.41 Å². The first-order valence-corrected chi connectivity index (χ1v) is 14.8. The average molecular weight is 620 g/mol. The minimum absolute atomic E-state index is 0.00251. The van der Waals surface area contributed by atoms with Crippen LogP contribution in [0.3, 0.4) is 0 Å². The van der Waals surface area contributed by atoms with E-state index >= 15 is 0 Å². The van der Waals surface area contributed by atoms with Gasteiger partial charge in [0.05, 0.1) is 5.41 Å². The molecule has 2 fully saturated rings. The summed E-state index contributed by atoms with van der Waals surface area (Å²) in [6.07, 6.45) is 2.21. The summed E-state index contributed by atoms with van der Waals surface area (Å²) in [4.78, 5) is 30.8. The van der Waals surface area contributed by atoms with Gasteiger partial charge < -0.3 is 29.5 Å². The van der Waals surface area contributed by atoms with E-state index < -0.39 is 45.1 Å². The molecule has 2 heterocycles. The number of phenols is 1. The number of benzene rings is 2. The maximum atomic E-state index is 14.1. The number of amides is 2. The predicted octanol–water partition coefficient (Wildman–Crippen LogP) is 4.64. The van der Waals surface area contributed by atoms with Gasteiger partial charge in [-0.05, 0) is 42.9 Å². The molecule has 11 heteroatoms. The van der Waals surface area contributed by atoms with Gasteiger partial charge in [0.2, 0.25) is 3.79 Å². The Bertz CT molecular complexity index is 1500. The number of carbonyl (C=O) groups excluding carboxylic acids is 2. The standard InChI is InChI=1S/C30H29Cl3N2O6/c1-34(15-17-5-3-2-4-6-17)24(37)19-14-27-9-10-29(19,39)25-28(27)11-12-35(26(38)40-16-30(31,32)33)21(27)13-18-7-8-20(36)23(41-25)22(18)28/h2-8,14,21,25,36,39H,9-13,15-16H2,1H3/t21-,25-,27-,28+,29-/m1/s1. The smallest absolute Gasteiger partial charge is 0.410 e. The Morgan fingerprint density at radius 3 is 2.63 bits per heavy atom. The highest BCUT2D eigenvalue weighted by Crippen LogP contribution is 2.74. The molecule has 2 aromatic carbocycles. The molecule has 8 nitrogen and oxygen atoms in total. The summed E-state index contributed by atoms with van der Waals surface area (Å²) in [5.74, 6) is 0.0635. The van der Waals surface area contributed by atoms with Gasteiger partial charge in [-0.3, -0.25) is 4.79 Å². The number of phenolic OH excluding ortho intramolecular Hbond substituents is 1. The molecule has 0 aromatic heterocycles. The normalized spacial score (nSPS) is 32.1. The van der Waals surface area contributed by atoms with Gasteiger partial charge in [-0.2, -0.15) is 0 Å². The number of ether oxygens (including phenoxy) is 2. The Morgan fingerprint density at radius 2 is 1.90 bits per heavy atom. The van der Waals surface area contributed by atoms with Crippen molar-refractivity contribution in [3.8, 4) is 11.5 Å². The van der Waals surface area contributed by atoms with E-state index in [2.05, 4.69) is 0 Å². The highest BCUT2D eigenvalue weighted by Gasteiger charge is 2.79. The van der Waals surface area contributed by atoms with Crippen molar-refractivity contribution in [3.63, 3.8) is 0 Å². The van der Waals surface area contributed by atoms with Crippen LogP contribution >= 0.6 is 34.8 Å². The molecule has 2 N–H and O–H groups in total. The third kappa shape index (κ3) is 3.63. The molecule has 2 spiro atoms. The Kier molecular flexibility index (Phi) is 5.92. The number of fused-ring (bicyclic) bond motifs is 1. The first-order valence-electron chi connectivity index (χ1n) is 13.7. The van der Waals surface area contributed by atoms with Gasteiger partial charge in [0.1, 0.15) is 18.3 Å². The number of carbonyl (C=O) groups is 2. The molecule has 2 aromatic rings. The topological polar surface area (TPSA) is 99.5 Å². The van der Waals surface area contributed by atoms with Crippen LogP contribution in [0.15, 0.2) is 54.1 Å². The van der Waals surface area contributed by atoms with Gasteiger partial charge in [0, 0.05) is 42.7 Å². The molecule has 8 rings (SSSR count). The van der Waals surface area contributed by atoms with Crippen LogP contribution < -0.4 is 4.74 Å². The predicted molar refractivity (Wildman–Crippen MR) is 152 cm³/mol. The quantitative estimate of drug-likeness (QED) is 0.484. The molecule has 4 bridgehead atoms. The van der Waals surface area contributed by atoms with Crippen molar-refractivity contribution < 1.29 is 29.3 Å². The van der Waals surface area contributed by atoms with Crippen molar-refractivity contribution >= 4 is 46.8 Å². The first-order chi connectivity index (χ1) is 19.4. The Morgan fingerprint density at radius 1 is 1.15 bits per heavy atom. The number of likely N-dealkylation sites (N-methyl/N-ethyl adjacent to an activating group) is 1. The fraction of sp³-hybridized carbons (Fsp3) is 0.467. The van der Waals surface area contributed by atoms with Gasteiger partial charge in [0.15, 0.2) is 11.5 Å². The summed E-state index contributed by atoms with van der Waals surface area (Å²) in [6, 6.07) is 12.7. The molecule has 4 aliphatic carbocycles. The number of alkyl halides is 3. The molecule has 0 unspecified atom stereocenters. The molecule has 216 valence electrons. The molecule has 1 saturated heterocycles. The number of likely N-dealkylation sites (tertiary alicyclic amines) is 1. The van der Waals surface area contributed by atoms with Gasteiger partial charge in [-0.15, -0.1) is 0 Å². The Hall–Kier alpha value is -2.65. The van der Waals surface area contributed by atoms with E-state index in [1.807, 2.05) is 42.5 Å². The molecule has 0 radical (unpaired) electrons. The van der Waals surface area contributed by atoms with Crippen molar-refractivity contribution in [2.45, 2.75) is 59.2 Å². The summed E-state index contributed by atoms with van der Waals surface area (Å²) in [5.41, 5.74) is -0.0143. The third-order valence-corrected chi connectivity index (χ3v) is 10.3. The molecule has 41 heavy (non-hydrogen) atoms. The van der Waals surface area contributed by atoms with E-state index in [9.17, 15) is 19.8 Å². The van der Waals surface area contributed by atoms with Crippen LogP contribution in [-0.2, 0) is 27.9 Å². The lowest BCUT2D eigenvalue weighted by Gasteiger charge is -2.69. The van der Waals surface area contributed by atoms with Crippen molar-refractivity contribution in [1.29, 1.82) is 0 Å². The molecular formula is C30H29Cl3N2O6. The van der Waals surface area contributed by atoms with E-state index in [-0.39, 0.29) is 23.7 Å². The van der Waals surface area contributed by atoms with Crippen molar-refractivity contribution in [2.75, 3.05) is 20.2 Å². The van der Waals surface area contributed by atoms with Crippen LogP contribution in [0.5, 0.6) is 11.5 Å². The van der Waals surface area contributed by atoms with Crippen LogP contribution in [0.2, 0.25) is 0 Å². The monoisotopic (exact) mass is 618 g/mol. The van der Waals surface area contributed by atoms with E-state index in [1.165, 1.54) is 0 Å². The molecule has 5 atom stereocenters. The minimum Gasteiger partial charge on any atom is -0.504 e. The lowest BCUT2D eigenvalue weighted by Crippen LogP contribution is -2.78. The number of piperidine rings is 1. The second kappa shape index (κ2) is 8.93. The van der Waals surface area contributed by atoms with Crippen molar-refractivity contribution in [3.05, 3.63) is 70.8 Å². The number of rotatable bonds is 4.